The third kappa shape index (κ3) is 4.95. The fourth-order valence-electron chi connectivity index (χ4n) is 2.56. The summed E-state index contributed by atoms with van der Waals surface area (Å²) in [7, 11) is 0. The second-order valence-corrected chi connectivity index (χ2v) is 8.35. The van der Waals surface area contributed by atoms with Crippen LogP contribution in [0.25, 0.3) is 0 Å². The summed E-state index contributed by atoms with van der Waals surface area (Å²) >= 11 is 3.75. The number of thioether (sulfide) groups is 2. The number of amides is 1. The van der Waals surface area contributed by atoms with Crippen molar-refractivity contribution < 1.29 is 18.0 Å². The first-order chi connectivity index (χ1) is 11.9. The van der Waals surface area contributed by atoms with Gasteiger partial charge in [0.25, 0.3) is 0 Å². The van der Waals surface area contributed by atoms with Gasteiger partial charge in [-0.1, -0.05) is 30.3 Å². The first-order valence-electron chi connectivity index (χ1n) is 7.71. The number of hydrogen-bond acceptors (Lipinski definition) is 3. The van der Waals surface area contributed by atoms with E-state index < -0.39 is 11.7 Å². The van der Waals surface area contributed by atoms with Crippen LogP contribution in [0.15, 0.2) is 48.5 Å². The van der Waals surface area contributed by atoms with E-state index in [4.69, 9.17) is 0 Å². The lowest BCUT2D eigenvalue weighted by atomic mass is 10.1. The zero-order chi connectivity index (χ0) is 17.9. The summed E-state index contributed by atoms with van der Waals surface area (Å²) in [6, 6.07) is 12.5. The Kier molecular flexibility index (Phi) is 5.64. The van der Waals surface area contributed by atoms with Crippen LogP contribution in [0.1, 0.15) is 21.3 Å². The van der Waals surface area contributed by atoms with Gasteiger partial charge < -0.3 is 5.32 Å². The number of anilines is 1. The van der Waals surface area contributed by atoms with Crippen molar-refractivity contribution >= 4 is 35.1 Å². The predicted octanol–water partition coefficient (Wildman–Crippen LogP) is 5.37. The molecule has 1 saturated heterocycles. The molecule has 0 unspecified atom stereocenters. The lowest BCUT2D eigenvalue weighted by molar-refractivity contribution is -0.137. The number of carbonyl (C=O) groups is 1. The number of benzene rings is 2. The molecule has 1 aliphatic heterocycles. The number of halogens is 3. The fourth-order valence-corrected chi connectivity index (χ4v) is 5.40. The summed E-state index contributed by atoms with van der Waals surface area (Å²) in [6.07, 6.45) is -4.50. The average Bonchev–Trinajstić information content (AvgIpc) is 3.09. The highest BCUT2D eigenvalue weighted by molar-refractivity contribution is 8.19. The van der Waals surface area contributed by atoms with Crippen molar-refractivity contribution in [3.05, 3.63) is 65.2 Å². The van der Waals surface area contributed by atoms with Gasteiger partial charge in [0.2, 0.25) is 5.91 Å². The lowest BCUT2D eigenvalue weighted by Gasteiger charge is -2.12. The first-order valence-corrected chi connectivity index (χ1v) is 9.81. The van der Waals surface area contributed by atoms with Crippen LogP contribution in [0, 0.1) is 0 Å². The lowest BCUT2D eigenvalue weighted by Crippen LogP contribution is -2.15. The molecule has 2 aromatic rings. The number of nitrogens with one attached hydrogen (secondary N) is 1. The van der Waals surface area contributed by atoms with Gasteiger partial charge in [0.05, 0.1) is 16.6 Å². The van der Waals surface area contributed by atoms with Gasteiger partial charge in [-0.25, -0.2) is 0 Å². The van der Waals surface area contributed by atoms with Gasteiger partial charge in [-0.05, 0) is 29.3 Å². The normalized spacial score (nSPS) is 15.3. The molecule has 25 heavy (non-hydrogen) atoms. The number of hydrogen-bond donors (Lipinski definition) is 1. The Labute approximate surface area is 152 Å². The molecule has 7 heteroatoms. The Morgan fingerprint density at radius 2 is 1.80 bits per heavy atom. The largest absolute Gasteiger partial charge is 0.416 e. The molecule has 0 radical (unpaired) electrons. The third-order valence-corrected chi connectivity index (χ3v) is 6.79. The van der Waals surface area contributed by atoms with E-state index in [2.05, 4.69) is 5.32 Å². The molecule has 2 nitrogen and oxygen atoms in total. The minimum Gasteiger partial charge on any atom is -0.326 e. The van der Waals surface area contributed by atoms with Gasteiger partial charge in [0, 0.05) is 17.2 Å². The average molecular weight is 383 g/mol. The fraction of sp³-hybridized carbons (Fsp3) is 0.278. The number of carbonyl (C=O) groups excluding carboxylic acids is 1. The molecule has 0 saturated carbocycles. The summed E-state index contributed by atoms with van der Waals surface area (Å²) in [6.45, 7) is 0. The van der Waals surface area contributed by atoms with Crippen LogP contribution >= 0.6 is 23.5 Å². The van der Waals surface area contributed by atoms with Crippen LogP contribution in [0.3, 0.4) is 0 Å². The molecule has 1 aliphatic rings. The molecule has 0 aromatic heterocycles. The van der Waals surface area contributed by atoms with Crippen molar-refractivity contribution in [3.8, 4) is 0 Å². The standard InChI is InChI=1S/C18H16F3NOS2/c19-18(20,21)14-5-1-3-12(9-14)10-16(23)22-15-6-2-4-13(11-15)17-24-7-8-25-17/h1-6,9,11,17H,7-8,10H2,(H,22,23). The molecule has 1 heterocycles. The third-order valence-electron chi connectivity index (χ3n) is 3.68. The van der Waals surface area contributed by atoms with E-state index >= 15 is 0 Å². The molecule has 1 fully saturated rings. The molecule has 132 valence electrons. The highest BCUT2D eigenvalue weighted by atomic mass is 32.2. The van der Waals surface area contributed by atoms with Crippen molar-refractivity contribution in [2.45, 2.75) is 17.2 Å². The molecule has 2 aromatic carbocycles. The maximum absolute atomic E-state index is 12.7. The summed E-state index contributed by atoms with van der Waals surface area (Å²) in [5.41, 5.74) is 1.41. The van der Waals surface area contributed by atoms with Gasteiger partial charge in [-0.3, -0.25) is 4.79 Å². The maximum Gasteiger partial charge on any atom is 0.416 e. The van der Waals surface area contributed by atoms with Crippen LogP contribution in [0.5, 0.6) is 0 Å². The van der Waals surface area contributed by atoms with Gasteiger partial charge >= 0.3 is 6.18 Å². The summed E-state index contributed by atoms with van der Waals surface area (Å²) in [5.74, 6) is 1.89. The highest BCUT2D eigenvalue weighted by Crippen LogP contribution is 2.45. The predicted molar refractivity (Wildman–Crippen MR) is 97.9 cm³/mol. The number of alkyl halides is 3. The Morgan fingerprint density at radius 3 is 2.52 bits per heavy atom. The summed E-state index contributed by atoms with van der Waals surface area (Å²) < 4.78 is 38.6. The zero-order valence-electron chi connectivity index (χ0n) is 13.2. The molecule has 1 N–H and O–H groups in total. The second kappa shape index (κ2) is 7.74. The molecular weight excluding hydrogens is 367 g/mol. The van der Waals surface area contributed by atoms with E-state index in [-0.39, 0.29) is 12.3 Å². The van der Waals surface area contributed by atoms with Crippen molar-refractivity contribution in [3.63, 3.8) is 0 Å². The molecule has 0 bridgehead atoms. The van der Waals surface area contributed by atoms with Gasteiger partial charge in [-0.2, -0.15) is 13.2 Å². The SMILES string of the molecule is O=C(Cc1cccc(C(F)(F)F)c1)Nc1cccc(C2SCCS2)c1. The molecule has 1 amide bonds. The molecule has 0 spiro atoms. The van der Waals surface area contributed by atoms with E-state index in [1.807, 2.05) is 41.7 Å². The minimum atomic E-state index is -4.41. The minimum absolute atomic E-state index is 0.0962. The molecule has 3 rings (SSSR count). The van der Waals surface area contributed by atoms with Crippen molar-refractivity contribution in [2.24, 2.45) is 0 Å². The smallest absolute Gasteiger partial charge is 0.326 e. The van der Waals surface area contributed by atoms with E-state index in [0.717, 1.165) is 29.2 Å². The summed E-state index contributed by atoms with van der Waals surface area (Å²) in [5, 5.41) is 2.77. The molecular formula is C18H16F3NOS2. The molecule has 0 atom stereocenters. The Hall–Kier alpha value is -1.60. The quantitative estimate of drug-likeness (QED) is 0.770. The van der Waals surface area contributed by atoms with Crippen LogP contribution in [-0.2, 0) is 17.4 Å². The molecule has 0 aliphatic carbocycles. The van der Waals surface area contributed by atoms with Crippen LogP contribution in [-0.4, -0.2) is 17.4 Å². The second-order valence-electron chi connectivity index (χ2n) is 5.62. The highest BCUT2D eigenvalue weighted by Gasteiger charge is 2.30. The van der Waals surface area contributed by atoms with Crippen molar-refractivity contribution in [1.82, 2.24) is 0 Å². The van der Waals surface area contributed by atoms with Crippen LogP contribution in [0.2, 0.25) is 0 Å². The Morgan fingerprint density at radius 1 is 1.08 bits per heavy atom. The number of rotatable bonds is 4. The first kappa shape index (κ1) is 18.2. The van der Waals surface area contributed by atoms with E-state index in [0.29, 0.717) is 15.8 Å². The van der Waals surface area contributed by atoms with Crippen molar-refractivity contribution in [2.75, 3.05) is 16.8 Å². The maximum atomic E-state index is 12.7. The van der Waals surface area contributed by atoms with E-state index in [1.165, 1.54) is 12.1 Å². The van der Waals surface area contributed by atoms with Gasteiger partial charge in [0.1, 0.15) is 0 Å². The van der Waals surface area contributed by atoms with Crippen molar-refractivity contribution in [1.29, 1.82) is 0 Å². The van der Waals surface area contributed by atoms with Crippen LogP contribution in [0.4, 0.5) is 18.9 Å². The monoisotopic (exact) mass is 383 g/mol. The van der Waals surface area contributed by atoms with E-state index in [9.17, 15) is 18.0 Å². The van der Waals surface area contributed by atoms with E-state index in [1.54, 1.807) is 6.07 Å². The Bertz CT molecular complexity index is 758. The summed E-state index contributed by atoms with van der Waals surface area (Å²) in [4.78, 5) is 12.2. The topological polar surface area (TPSA) is 29.1 Å². The zero-order valence-corrected chi connectivity index (χ0v) is 14.8. The van der Waals surface area contributed by atoms with Gasteiger partial charge in [-0.15, -0.1) is 23.5 Å². The van der Waals surface area contributed by atoms with Gasteiger partial charge in [0.15, 0.2) is 0 Å². The Balaban J connectivity index is 1.66. The van der Waals surface area contributed by atoms with Crippen LogP contribution < -0.4 is 5.32 Å².